The van der Waals surface area contributed by atoms with Crippen molar-refractivity contribution in [2.75, 3.05) is 5.73 Å². The first-order valence-electron chi connectivity index (χ1n) is 10.7. The largest absolute Gasteiger partial charge is 0.465 e. The molecule has 5 aromatic rings. The van der Waals surface area contributed by atoms with E-state index < -0.39 is 5.43 Å². The molecule has 0 spiro atoms. The number of ether oxygens (including phenoxy) is 1. The molecule has 2 heterocycles. The van der Waals surface area contributed by atoms with Crippen molar-refractivity contribution in [3.63, 3.8) is 0 Å². The third kappa shape index (κ3) is 4.42. The van der Waals surface area contributed by atoms with Gasteiger partial charge in [0.1, 0.15) is 17.0 Å². The Morgan fingerprint density at radius 3 is 2.57 bits per heavy atom. The predicted octanol–water partition coefficient (Wildman–Crippen LogP) is 3.92. The van der Waals surface area contributed by atoms with Crippen molar-refractivity contribution in [1.29, 1.82) is 0 Å². The molecular weight excluding hydrogens is 446 g/mol. The Hall–Kier alpha value is -5.05. The second kappa shape index (κ2) is 9.44. The fourth-order valence-electron chi connectivity index (χ4n) is 3.63. The van der Waals surface area contributed by atoms with Crippen LogP contribution < -0.4 is 15.9 Å². The van der Waals surface area contributed by atoms with E-state index >= 15 is 0 Å². The zero-order valence-corrected chi connectivity index (χ0v) is 18.3. The molecule has 0 unspecified atom stereocenters. The number of ketones is 1. The maximum absolute atomic E-state index is 13.3. The van der Waals surface area contributed by atoms with Crippen LogP contribution in [-0.2, 0) is 6.42 Å². The summed E-state index contributed by atoms with van der Waals surface area (Å²) in [5.74, 6) is 0.271. The average Bonchev–Trinajstić information content (AvgIpc) is 3.44. The molecule has 3 N–H and O–H groups in total. The lowest BCUT2D eigenvalue weighted by Gasteiger charge is -2.08. The number of hydrogen-bond donors (Lipinski definition) is 2. The Labute approximate surface area is 198 Å². The number of tetrazole rings is 1. The van der Waals surface area contributed by atoms with Gasteiger partial charge in [-0.05, 0) is 53.6 Å². The van der Waals surface area contributed by atoms with Crippen LogP contribution in [-0.4, -0.2) is 26.4 Å². The highest BCUT2D eigenvalue weighted by Gasteiger charge is 2.21. The molecule has 0 amide bonds. The molecule has 0 atom stereocenters. The summed E-state index contributed by atoms with van der Waals surface area (Å²) in [5.41, 5.74) is 7.19. The van der Waals surface area contributed by atoms with Crippen LogP contribution in [0, 0.1) is 0 Å². The van der Waals surface area contributed by atoms with Crippen LogP contribution in [0.25, 0.3) is 22.6 Å². The standard InChI is InChI=1S/C26H19N5O4/c27-22-24(33)21-19(9-4-10-20(21)35-25(22)26-28-30-31-29-26)23(32)17-11-13-18(14-12-17)34-15-5-8-16-6-2-1-3-7-16/h1-7,9-15H,8,27H2,(H,28,29,30,31)/b15-5+. The van der Waals surface area contributed by atoms with Gasteiger partial charge in [0.25, 0.3) is 0 Å². The fourth-order valence-corrected chi connectivity index (χ4v) is 3.63. The van der Waals surface area contributed by atoms with Gasteiger partial charge in [-0.3, -0.25) is 9.59 Å². The quantitative estimate of drug-likeness (QED) is 0.273. The van der Waals surface area contributed by atoms with E-state index in [1.54, 1.807) is 48.7 Å². The number of nitrogen functional groups attached to an aromatic ring is 1. The number of benzene rings is 3. The molecule has 2 aromatic heterocycles. The maximum atomic E-state index is 13.3. The van der Waals surface area contributed by atoms with E-state index in [1.165, 1.54) is 5.56 Å². The van der Waals surface area contributed by atoms with E-state index in [-0.39, 0.29) is 39.6 Å². The minimum atomic E-state index is -0.543. The summed E-state index contributed by atoms with van der Waals surface area (Å²) in [6.07, 6.45) is 4.28. The summed E-state index contributed by atoms with van der Waals surface area (Å²) in [5, 5.41) is 13.4. The molecule has 0 saturated carbocycles. The van der Waals surface area contributed by atoms with Gasteiger partial charge >= 0.3 is 0 Å². The van der Waals surface area contributed by atoms with Crippen molar-refractivity contribution in [2.24, 2.45) is 0 Å². The molecule has 5 rings (SSSR count). The molecule has 0 saturated heterocycles. The minimum Gasteiger partial charge on any atom is -0.465 e. The number of allylic oxidation sites excluding steroid dienone is 1. The Morgan fingerprint density at radius 2 is 1.83 bits per heavy atom. The molecule has 0 fully saturated rings. The van der Waals surface area contributed by atoms with Crippen molar-refractivity contribution in [3.05, 3.63) is 112 Å². The Balaban J connectivity index is 1.38. The van der Waals surface area contributed by atoms with Gasteiger partial charge in [0.15, 0.2) is 5.78 Å². The molecule has 0 aliphatic heterocycles. The summed E-state index contributed by atoms with van der Waals surface area (Å²) >= 11 is 0. The van der Waals surface area contributed by atoms with E-state index in [2.05, 4.69) is 20.6 Å². The van der Waals surface area contributed by atoms with Crippen molar-refractivity contribution < 1.29 is 13.9 Å². The van der Waals surface area contributed by atoms with E-state index in [0.29, 0.717) is 11.3 Å². The van der Waals surface area contributed by atoms with Crippen LogP contribution in [0.2, 0.25) is 0 Å². The van der Waals surface area contributed by atoms with Gasteiger partial charge in [-0.15, -0.1) is 10.2 Å². The highest BCUT2D eigenvalue weighted by atomic mass is 16.5. The van der Waals surface area contributed by atoms with Gasteiger partial charge in [0.05, 0.1) is 11.6 Å². The first kappa shape index (κ1) is 21.8. The number of nitrogens with zero attached hydrogens (tertiary/aromatic N) is 3. The maximum Gasteiger partial charge on any atom is 0.242 e. The fraction of sp³-hybridized carbons (Fsp3) is 0.0385. The molecule has 0 aliphatic rings. The highest BCUT2D eigenvalue weighted by molar-refractivity contribution is 6.16. The van der Waals surface area contributed by atoms with E-state index in [0.717, 1.165) is 6.42 Å². The third-order valence-corrected chi connectivity index (χ3v) is 5.36. The molecule has 0 aliphatic carbocycles. The van der Waals surface area contributed by atoms with E-state index in [1.807, 2.05) is 36.4 Å². The Bertz CT molecular complexity index is 1570. The SMILES string of the molecule is Nc1c(-c2nn[nH]n2)oc2cccc(C(=O)c3ccc(O/C=C/Cc4ccccc4)cc3)c2c1=O. The normalized spacial score (nSPS) is 11.2. The third-order valence-electron chi connectivity index (χ3n) is 5.36. The Morgan fingerprint density at radius 1 is 1.03 bits per heavy atom. The number of H-pyrrole nitrogens is 1. The molecule has 3 aromatic carbocycles. The number of nitrogens with one attached hydrogen (secondary N) is 1. The number of fused-ring (bicyclic) bond motifs is 1. The molecule has 35 heavy (non-hydrogen) atoms. The molecule has 0 radical (unpaired) electrons. The summed E-state index contributed by atoms with van der Waals surface area (Å²) in [7, 11) is 0. The lowest BCUT2D eigenvalue weighted by molar-refractivity contribution is 0.104. The van der Waals surface area contributed by atoms with Crippen molar-refractivity contribution in [3.8, 4) is 17.3 Å². The van der Waals surface area contributed by atoms with Crippen LogP contribution in [0.15, 0.2) is 94.3 Å². The number of aromatic nitrogens is 4. The summed E-state index contributed by atoms with van der Waals surface area (Å²) < 4.78 is 11.4. The van der Waals surface area contributed by atoms with Crippen molar-refractivity contribution in [2.45, 2.75) is 6.42 Å². The van der Waals surface area contributed by atoms with Crippen LogP contribution in [0.4, 0.5) is 5.69 Å². The van der Waals surface area contributed by atoms with Crippen LogP contribution >= 0.6 is 0 Å². The summed E-state index contributed by atoms with van der Waals surface area (Å²) in [6, 6.07) is 21.5. The number of aromatic amines is 1. The number of carbonyl (C=O) groups is 1. The zero-order chi connectivity index (χ0) is 24.2. The van der Waals surface area contributed by atoms with Gasteiger partial charge in [0.2, 0.25) is 17.0 Å². The van der Waals surface area contributed by atoms with Crippen LogP contribution in [0.3, 0.4) is 0 Å². The number of rotatable bonds is 7. The second-order valence-corrected chi connectivity index (χ2v) is 7.62. The monoisotopic (exact) mass is 465 g/mol. The molecular formula is C26H19N5O4. The minimum absolute atomic E-state index is 0.0114. The number of carbonyl (C=O) groups excluding carboxylic acids is 1. The smallest absolute Gasteiger partial charge is 0.242 e. The first-order chi connectivity index (χ1) is 17.1. The van der Waals surface area contributed by atoms with Crippen LogP contribution in [0.5, 0.6) is 5.75 Å². The van der Waals surface area contributed by atoms with E-state index in [4.69, 9.17) is 14.9 Å². The van der Waals surface area contributed by atoms with E-state index in [9.17, 15) is 9.59 Å². The first-order valence-corrected chi connectivity index (χ1v) is 10.7. The number of nitrogens with two attached hydrogens (primary N) is 1. The predicted molar refractivity (Wildman–Crippen MR) is 130 cm³/mol. The molecule has 9 nitrogen and oxygen atoms in total. The summed E-state index contributed by atoms with van der Waals surface area (Å²) in [6.45, 7) is 0. The number of anilines is 1. The lowest BCUT2D eigenvalue weighted by Crippen LogP contribution is -2.14. The summed E-state index contributed by atoms with van der Waals surface area (Å²) in [4.78, 5) is 26.3. The van der Waals surface area contributed by atoms with Crippen LogP contribution in [0.1, 0.15) is 21.5 Å². The second-order valence-electron chi connectivity index (χ2n) is 7.62. The molecule has 0 bridgehead atoms. The van der Waals surface area contributed by atoms with Gasteiger partial charge in [0, 0.05) is 11.1 Å². The molecule has 9 heteroatoms. The van der Waals surface area contributed by atoms with Crippen molar-refractivity contribution >= 4 is 22.4 Å². The molecule has 172 valence electrons. The van der Waals surface area contributed by atoms with Gasteiger partial charge in [-0.1, -0.05) is 42.5 Å². The lowest BCUT2D eigenvalue weighted by atomic mass is 9.98. The zero-order valence-electron chi connectivity index (χ0n) is 18.3. The topological polar surface area (TPSA) is 137 Å². The van der Waals surface area contributed by atoms with Gasteiger partial charge < -0.3 is 14.9 Å². The van der Waals surface area contributed by atoms with Crippen molar-refractivity contribution in [1.82, 2.24) is 20.6 Å². The number of hydrogen-bond acceptors (Lipinski definition) is 8. The average molecular weight is 465 g/mol. The van der Waals surface area contributed by atoms with Gasteiger partial charge in [-0.2, -0.15) is 5.21 Å². The highest BCUT2D eigenvalue weighted by Crippen LogP contribution is 2.27. The Kier molecular flexibility index (Phi) is 5.87. The van der Waals surface area contributed by atoms with Gasteiger partial charge in [-0.25, -0.2) is 0 Å².